The van der Waals surface area contributed by atoms with Crippen molar-refractivity contribution in [2.45, 2.75) is 0 Å². The summed E-state index contributed by atoms with van der Waals surface area (Å²) >= 11 is 0. The number of rotatable bonds is 8. The maximum atomic E-state index is 8.05. The van der Waals surface area contributed by atoms with Crippen molar-refractivity contribution in [3.63, 3.8) is 0 Å². The van der Waals surface area contributed by atoms with Gasteiger partial charge in [0.1, 0.15) is 0 Å². The number of fused-ring (bicyclic) bond motifs is 6. The van der Waals surface area contributed by atoms with Crippen molar-refractivity contribution >= 4 is 38.0 Å². The van der Waals surface area contributed by atoms with E-state index in [-0.39, 0.29) is 0 Å². The van der Waals surface area contributed by atoms with Gasteiger partial charge in [0, 0.05) is 16.7 Å². The van der Waals surface area contributed by atoms with Crippen LogP contribution in [0.3, 0.4) is 0 Å². The minimum absolute atomic E-state index is 0.590. The van der Waals surface area contributed by atoms with Crippen LogP contribution in [0.5, 0.6) is 0 Å². The molecule has 0 amide bonds. The Morgan fingerprint density at radius 1 is 0.243 bits per heavy atom. The fraction of sp³-hybridized carbons (Fsp3) is 0. The maximum Gasteiger partial charge on any atom is 0.187 e. The average Bonchev–Trinajstić information content (AvgIpc) is 3.81. The molecule has 0 spiro atoms. The Kier molecular flexibility index (Phi) is 10.2. The van der Waals surface area contributed by atoms with Crippen LogP contribution >= 0.6 is 0 Å². The second-order valence-electron chi connectivity index (χ2n) is 19.0. The van der Waals surface area contributed by atoms with E-state index in [1.807, 2.05) is 42.5 Å². The van der Waals surface area contributed by atoms with E-state index in [0.717, 1.165) is 66.8 Å². The van der Waals surface area contributed by atoms with E-state index in [0.29, 0.717) is 23.2 Å². The summed E-state index contributed by atoms with van der Waals surface area (Å²) < 4.78 is 0. The molecule has 0 saturated carbocycles. The molecule has 1 aliphatic rings. The summed E-state index contributed by atoms with van der Waals surface area (Å²) in [6.07, 6.45) is 0. The molecule has 74 heavy (non-hydrogen) atoms. The van der Waals surface area contributed by atoms with Gasteiger partial charge < -0.3 is 0 Å². The first kappa shape index (κ1) is 42.8. The Labute approximate surface area is 429 Å². The second-order valence-corrected chi connectivity index (χ2v) is 19.0. The third-order valence-corrected chi connectivity index (χ3v) is 14.7. The van der Waals surface area contributed by atoms with Crippen LogP contribution < -0.4 is 0 Å². The van der Waals surface area contributed by atoms with E-state index in [1.165, 1.54) is 60.1 Å². The Morgan fingerprint density at radius 2 is 0.703 bits per heavy atom. The second kappa shape index (κ2) is 17.6. The Bertz CT molecular complexity index is 4430. The highest BCUT2D eigenvalue weighted by molar-refractivity contribution is 6.16. The monoisotopic (exact) mass is 938 g/mol. The van der Waals surface area contributed by atoms with Gasteiger partial charge >= 0.3 is 0 Å². The molecule has 342 valence electrons. The van der Waals surface area contributed by atoms with Crippen LogP contribution in [-0.2, 0) is 0 Å². The summed E-state index contributed by atoms with van der Waals surface area (Å²) in [4.78, 5) is 19.3. The van der Waals surface area contributed by atoms with Crippen LogP contribution in [0.4, 0.5) is 5.69 Å². The van der Waals surface area contributed by atoms with Gasteiger partial charge in [-0.1, -0.05) is 224 Å². The zero-order valence-corrected chi connectivity index (χ0v) is 40.0. The lowest BCUT2D eigenvalue weighted by molar-refractivity contribution is 1.07. The molecule has 0 N–H and O–H groups in total. The summed E-state index contributed by atoms with van der Waals surface area (Å²) in [6.45, 7) is 8.05. The van der Waals surface area contributed by atoms with E-state index in [1.54, 1.807) is 0 Å². The molecule has 13 aromatic rings. The topological polar surface area (TPSA) is 43.0 Å². The van der Waals surface area contributed by atoms with E-state index in [2.05, 4.69) is 217 Å². The zero-order chi connectivity index (χ0) is 49.1. The molecule has 1 aliphatic carbocycles. The minimum Gasteiger partial charge on any atom is -0.238 e. The largest absolute Gasteiger partial charge is 0.238 e. The molecule has 0 saturated heterocycles. The maximum absolute atomic E-state index is 8.05. The van der Waals surface area contributed by atoms with Crippen molar-refractivity contribution in [2.24, 2.45) is 0 Å². The first-order valence-electron chi connectivity index (χ1n) is 24.9. The standard InChI is InChI=1S/C70H42N4/c1-71-54-36-38-60(57-26-8-10-28-59(57)65-42-52-17-5-6-24-55(52)56-25-7-9-27-58(56)65)64(43-54)51-22-11-20-48(39-51)49-21-12-23-53(40-49)70-73-68(46-15-3-2-4-16-46)72-69(74-70)47-33-31-44(32-34-47)50-35-37-61-62-29-13-18-45-19-14-30-63(67(45)62)66(61)41-50/h2-43H. The van der Waals surface area contributed by atoms with Crippen LogP contribution in [0.15, 0.2) is 255 Å². The minimum atomic E-state index is 0.590. The highest BCUT2D eigenvalue weighted by Gasteiger charge is 2.22. The molecule has 1 heterocycles. The lowest BCUT2D eigenvalue weighted by Crippen LogP contribution is -2.00. The molecule has 0 fully saturated rings. The van der Waals surface area contributed by atoms with Gasteiger partial charge in [-0.15, -0.1) is 0 Å². The van der Waals surface area contributed by atoms with E-state index in [9.17, 15) is 0 Å². The summed E-state index contributed by atoms with van der Waals surface area (Å²) in [6, 6.07) is 90.1. The first-order valence-corrected chi connectivity index (χ1v) is 24.9. The van der Waals surface area contributed by atoms with Crippen LogP contribution in [0.1, 0.15) is 0 Å². The van der Waals surface area contributed by atoms with Crippen molar-refractivity contribution < 1.29 is 0 Å². The quantitative estimate of drug-likeness (QED) is 0.113. The normalized spacial score (nSPS) is 11.5. The van der Waals surface area contributed by atoms with Gasteiger partial charge in [0.15, 0.2) is 23.2 Å². The third-order valence-electron chi connectivity index (χ3n) is 14.7. The van der Waals surface area contributed by atoms with Gasteiger partial charge in [-0.05, 0) is 141 Å². The van der Waals surface area contributed by atoms with Gasteiger partial charge in [0.05, 0.1) is 6.57 Å². The number of nitrogens with zero attached hydrogens (tertiary/aromatic N) is 4. The van der Waals surface area contributed by atoms with Gasteiger partial charge in [0.25, 0.3) is 0 Å². The van der Waals surface area contributed by atoms with Crippen LogP contribution in [-0.4, -0.2) is 15.0 Å². The predicted octanol–water partition coefficient (Wildman–Crippen LogP) is 18.9. The predicted molar refractivity (Wildman–Crippen MR) is 307 cm³/mol. The van der Waals surface area contributed by atoms with Crippen molar-refractivity contribution in [2.75, 3.05) is 0 Å². The van der Waals surface area contributed by atoms with Crippen molar-refractivity contribution in [1.29, 1.82) is 0 Å². The molecule has 0 bridgehead atoms. The molecule has 0 radical (unpaired) electrons. The van der Waals surface area contributed by atoms with Gasteiger partial charge in [0.2, 0.25) is 0 Å². The summed E-state index contributed by atoms with van der Waals surface area (Å²) in [7, 11) is 0. The molecule has 4 heteroatoms. The summed E-state index contributed by atoms with van der Waals surface area (Å²) in [5.41, 5.74) is 19.3. The number of benzene rings is 12. The highest BCUT2D eigenvalue weighted by atomic mass is 15.0. The summed E-state index contributed by atoms with van der Waals surface area (Å²) in [5, 5.41) is 7.47. The van der Waals surface area contributed by atoms with Crippen molar-refractivity contribution in [3.05, 3.63) is 266 Å². The van der Waals surface area contributed by atoms with Gasteiger partial charge in [-0.3, -0.25) is 0 Å². The molecule has 12 aromatic carbocycles. The molecular weight excluding hydrogens is 897 g/mol. The fourth-order valence-corrected chi connectivity index (χ4v) is 11.1. The van der Waals surface area contributed by atoms with Gasteiger partial charge in [-0.25, -0.2) is 19.8 Å². The van der Waals surface area contributed by atoms with Crippen LogP contribution in [0.25, 0.3) is 149 Å². The SMILES string of the molecule is [C-]#[N+]c1ccc(-c2ccccc2-c2cc3ccccc3c3ccccc23)c(-c2cccc(-c3cccc(-c4nc(-c5ccccc5)nc(-c5ccc(-c6ccc7c(c6)-c6cccc8cccc-7c68)cc5)n4)c3)c2)c1. The molecular formula is C70H42N4. The van der Waals surface area contributed by atoms with E-state index >= 15 is 0 Å². The molecule has 0 atom stereocenters. The number of hydrogen-bond donors (Lipinski definition) is 0. The zero-order valence-electron chi connectivity index (χ0n) is 40.0. The Balaban J connectivity index is 0.827. The molecule has 0 aliphatic heterocycles. The average molecular weight is 939 g/mol. The third kappa shape index (κ3) is 7.34. The fourth-order valence-electron chi connectivity index (χ4n) is 11.1. The molecule has 4 nitrogen and oxygen atoms in total. The lowest BCUT2D eigenvalue weighted by atomic mass is 9.86. The van der Waals surface area contributed by atoms with E-state index in [4.69, 9.17) is 21.5 Å². The highest BCUT2D eigenvalue weighted by Crippen LogP contribution is 2.49. The Morgan fingerprint density at radius 3 is 1.45 bits per heavy atom. The number of aromatic nitrogens is 3. The molecule has 1 aromatic heterocycles. The van der Waals surface area contributed by atoms with Gasteiger partial charge in [-0.2, -0.15) is 0 Å². The lowest BCUT2D eigenvalue weighted by Gasteiger charge is -2.18. The number of hydrogen-bond acceptors (Lipinski definition) is 3. The van der Waals surface area contributed by atoms with Crippen LogP contribution in [0.2, 0.25) is 0 Å². The first-order chi connectivity index (χ1) is 36.6. The van der Waals surface area contributed by atoms with Crippen molar-refractivity contribution in [1.82, 2.24) is 15.0 Å². The van der Waals surface area contributed by atoms with Crippen molar-refractivity contribution in [3.8, 4) is 112 Å². The van der Waals surface area contributed by atoms with E-state index < -0.39 is 0 Å². The smallest absolute Gasteiger partial charge is 0.187 e. The molecule has 14 rings (SSSR count). The van der Waals surface area contributed by atoms with Crippen LogP contribution in [0, 0.1) is 6.57 Å². The molecule has 0 unspecified atom stereocenters. The summed E-state index contributed by atoms with van der Waals surface area (Å²) in [5.74, 6) is 1.81. The Hall–Kier alpha value is -10.1.